The lowest BCUT2D eigenvalue weighted by Gasteiger charge is -2.31. The van der Waals surface area contributed by atoms with E-state index < -0.39 is 0 Å². The van der Waals surface area contributed by atoms with Crippen molar-refractivity contribution >= 4 is 6.08 Å². The average Bonchev–Trinajstić information content (AvgIpc) is 2.34. The molecular formula is C15H21N2. The van der Waals surface area contributed by atoms with Crippen LogP contribution in [-0.2, 0) is 0 Å². The summed E-state index contributed by atoms with van der Waals surface area (Å²) < 4.78 is 0. The number of hydrogen-bond donors (Lipinski definition) is 0. The fraction of sp³-hybridized carbons (Fsp3) is 0.400. The molecule has 1 heterocycles. The Morgan fingerprint density at radius 1 is 1.12 bits per heavy atom. The van der Waals surface area contributed by atoms with Crippen LogP contribution in [0.5, 0.6) is 0 Å². The predicted octanol–water partition coefficient (Wildman–Crippen LogP) is 2.13. The van der Waals surface area contributed by atoms with Gasteiger partial charge in [0.1, 0.15) is 0 Å². The molecule has 91 valence electrons. The molecule has 0 aliphatic carbocycles. The van der Waals surface area contributed by atoms with Gasteiger partial charge in [-0.25, -0.2) is 0 Å². The number of benzene rings is 1. The highest BCUT2D eigenvalue weighted by molar-refractivity contribution is 5.50. The second-order valence-corrected chi connectivity index (χ2v) is 4.75. The average molecular weight is 229 g/mol. The van der Waals surface area contributed by atoms with E-state index in [0.29, 0.717) is 0 Å². The van der Waals surface area contributed by atoms with Gasteiger partial charge < -0.3 is 4.90 Å². The van der Waals surface area contributed by atoms with Gasteiger partial charge in [-0.3, -0.25) is 4.90 Å². The van der Waals surface area contributed by atoms with E-state index in [1.54, 1.807) is 0 Å². The van der Waals surface area contributed by atoms with Crippen LogP contribution in [0.15, 0.2) is 30.3 Å². The van der Waals surface area contributed by atoms with Crippen molar-refractivity contribution in [1.82, 2.24) is 9.80 Å². The van der Waals surface area contributed by atoms with Crippen LogP contribution in [-0.4, -0.2) is 49.6 Å². The summed E-state index contributed by atoms with van der Waals surface area (Å²) in [4.78, 5) is 4.87. The molecule has 0 amide bonds. The fourth-order valence-corrected chi connectivity index (χ4v) is 2.00. The summed E-state index contributed by atoms with van der Waals surface area (Å²) in [6.45, 7) is 9.67. The van der Waals surface area contributed by atoms with E-state index in [1.807, 2.05) is 0 Å². The zero-order chi connectivity index (χ0) is 12.1. The molecule has 1 fully saturated rings. The number of piperazine rings is 1. The van der Waals surface area contributed by atoms with Gasteiger partial charge in [-0.15, -0.1) is 0 Å². The molecule has 0 unspecified atom stereocenters. The summed E-state index contributed by atoms with van der Waals surface area (Å²) >= 11 is 0. The summed E-state index contributed by atoms with van der Waals surface area (Å²) in [7, 11) is 2.19. The quantitative estimate of drug-likeness (QED) is 0.783. The first kappa shape index (κ1) is 12.3. The van der Waals surface area contributed by atoms with Gasteiger partial charge in [-0.05, 0) is 25.1 Å². The summed E-state index contributed by atoms with van der Waals surface area (Å²) in [5.41, 5.74) is 2.33. The van der Waals surface area contributed by atoms with Crippen molar-refractivity contribution in [3.05, 3.63) is 48.4 Å². The van der Waals surface area contributed by atoms with E-state index in [4.69, 9.17) is 0 Å². The lowest BCUT2D eigenvalue weighted by atomic mass is 10.1. The molecule has 0 atom stereocenters. The monoisotopic (exact) mass is 229 g/mol. The molecular weight excluding hydrogens is 208 g/mol. The zero-order valence-corrected chi connectivity index (χ0v) is 10.6. The van der Waals surface area contributed by atoms with Gasteiger partial charge in [0.25, 0.3) is 0 Å². The summed E-state index contributed by atoms with van der Waals surface area (Å²) in [6, 6.07) is 8.33. The maximum atomic E-state index is 3.89. The van der Waals surface area contributed by atoms with Crippen LogP contribution < -0.4 is 0 Å². The lowest BCUT2D eigenvalue weighted by Crippen LogP contribution is -2.44. The van der Waals surface area contributed by atoms with Crippen molar-refractivity contribution in [3.63, 3.8) is 0 Å². The van der Waals surface area contributed by atoms with E-state index in [0.717, 1.165) is 12.1 Å². The maximum Gasteiger partial charge on any atom is 0.0167 e. The maximum absolute atomic E-state index is 3.89. The highest BCUT2D eigenvalue weighted by atomic mass is 15.2. The van der Waals surface area contributed by atoms with Crippen LogP contribution in [0.4, 0.5) is 0 Å². The van der Waals surface area contributed by atoms with Crippen LogP contribution in [0.25, 0.3) is 6.08 Å². The van der Waals surface area contributed by atoms with Crippen molar-refractivity contribution in [3.8, 4) is 0 Å². The topological polar surface area (TPSA) is 6.48 Å². The molecule has 0 aromatic heterocycles. The molecule has 2 heteroatoms. The first-order chi connectivity index (χ1) is 8.24. The Hall–Kier alpha value is -1.12. The molecule has 0 bridgehead atoms. The molecule has 2 rings (SSSR count). The van der Waals surface area contributed by atoms with E-state index in [1.165, 1.54) is 31.7 Å². The van der Waals surface area contributed by atoms with Gasteiger partial charge in [0, 0.05) is 32.7 Å². The molecule has 1 aromatic carbocycles. The first-order valence-electron chi connectivity index (χ1n) is 6.23. The summed E-state index contributed by atoms with van der Waals surface area (Å²) in [6.07, 6.45) is 4.45. The minimum atomic E-state index is 1.06. The Bertz CT molecular complexity index is 359. The predicted molar refractivity (Wildman–Crippen MR) is 73.9 cm³/mol. The first-order valence-corrected chi connectivity index (χ1v) is 6.23. The van der Waals surface area contributed by atoms with Crippen LogP contribution in [0.1, 0.15) is 11.1 Å². The molecule has 1 aliphatic rings. The molecule has 1 saturated heterocycles. The number of nitrogens with zero attached hydrogens (tertiary/aromatic N) is 2. The van der Waals surface area contributed by atoms with Crippen molar-refractivity contribution in [2.75, 3.05) is 39.8 Å². The van der Waals surface area contributed by atoms with Gasteiger partial charge in [-0.1, -0.05) is 36.4 Å². The molecule has 2 nitrogen and oxygen atoms in total. The van der Waals surface area contributed by atoms with Crippen LogP contribution >= 0.6 is 0 Å². The molecule has 1 radical (unpaired) electrons. The van der Waals surface area contributed by atoms with E-state index in [2.05, 4.69) is 60.2 Å². The van der Waals surface area contributed by atoms with Gasteiger partial charge in [0.05, 0.1) is 0 Å². The lowest BCUT2D eigenvalue weighted by molar-refractivity contribution is 0.167. The molecule has 1 aliphatic heterocycles. The van der Waals surface area contributed by atoms with Crippen LogP contribution in [0, 0.1) is 6.92 Å². The SMILES string of the molecule is [CH2]c1ccc(C=CCN2CCN(C)CC2)cc1. The van der Waals surface area contributed by atoms with E-state index >= 15 is 0 Å². The standard InChI is InChI=1S/C15H21N2/c1-14-5-7-15(8-6-14)4-3-9-17-12-10-16(2)11-13-17/h3-8H,1,9-13H2,2H3. The number of hydrogen-bond acceptors (Lipinski definition) is 2. The molecule has 0 saturated carbocycles. The minimum Gasteiger partial charge on any atom is -0.304 e. The summed E-state index contributed by atoms with van der Waals surface area (Å²) in [5, 5.41) is 0. The Labute approximate surface area is 105 Å². The molecule has 17 heavy (non-hydrogen) atoms. The van der Waals surface area contributed by atoms with Crippen molar-refractivity contribution < 1.29 is 0 Å². The van der Waals surface area contributed by atoms with Crippen LogP contribution in [0.2, 0.25) is 0 Å². The molecule has 0 N–H and O–H groups in total. The normalized spacial score (nSPS) is 18.9. The number of likely N-dealkylation sites (N-methyl/N-ethyl adjacent to an activating group) is 1. The molecule has 1 aromatic rings. The van der Waals surface area contributed by atoms with E-state index in [9.17, 15) is 0 Å². The molecule has 0 spiro atoms. The Balaban J connectivity index is 1.79. The van der Waals surface area contributed by atoms with Gasteiger partial charge in [-0.2, -0.15) is 0 Å². The fourth-order valence-electron chi connectivity index (χ4n) is 2.00. The Kier molecular flexibility index (Phi) is 4.35. The summed E-state index contributed by atoms with van der Waals surface area (Å²) in [5.74, 6) is 0. The second-order valence-electron chi connectivity index (χ2n) is 4.75. The third kappa shape index (κ3) is 3.99. The smallest absolute Gasteiger partial charge is 0.0167 e. The van der Waals surface area contributed by atoms with Gasteiger partial charge in [0.15, 0.2) is 0 Å². The third-order valence-electron chi connectivity index (χ3n) is 3.25. The minimum absolute atomic E-state index is 1.06. The Morgan fingerprint density at radius 2 is 1.76 bits per heavy atom. The van der Waals surface area contributed by atoms with Crippen molar-refractivity contribution in [2.45, 2.75) is 0 Å². The highest BCUT2D eigenvalue weighted by Gasteiger charge is 2.11. The third-order valence-corrected chi connectivity index (χ3v) is 3.25. The Morgan fingerprint density at radius 3 is 2.41 bits per heavy atom. The largest absolute Gasteiger partial charge is 0.304 e. The van der Waals surface area contributed by atoms with E-state index in [-0.39, 0.29) is 0 Å². The number of rotatable bonds is 3. The van der Waals surface area contributed by atoms with Crippen molar-refractivity contribution in [2.24, 2.45) is 0 Å². The van der Waals surface area contributed by atoms with Crippen LogP contribution in [0.3, 0.4) is 0 Å². The van der Waals surface area contributed by atoms with Crippen molar-refractivity contribution in [1.29, 1.82) is 0 Å². The van der Waals surface area contributed by atoms with Gasteiger partial charge >= 0.3 is 0 Å². The highest BCUT2D eigenvalue weighted by Crippen LogP contribution is 2.05. The zero-order valence-electron chi connectivity index (χ0n) is 10.6. The van der Waals surface area contributed by atoms with Gasteiger partial charge in [0.2, 0.25) is 0 Å². The second kappa shape index (κ2) is 5.99.